The second kappa shape index (κ2) is 5.16. The minimum absolute atomic E-state index is 0.00347. The van der Waals surface area contributed by atoms with Crippen LogP contribution < -0.4 is 0 Å². The van der Waals surface area contributed by atoms with E-state index in [0.29, 0.717) is 0 Å². The van der Waals surface area contributed by atoms with E-state index >= 15 is 0 Å². The molecule has 14 heavy (non-hydrogen) atoms. The fourth-order valence-electron chi connectivity index (χ4n) is 0.637. The van der Waals surface area contributed by atoms with Crippen LogP contribution in [0.15, 0.2) is 11.3 Å². The number of carbonyl (C=O) groups is 3. The first-order valence-corrected chi connectivity index (χ1v) is 3.95. The Hall–Kier alpha value is -1.65. The molecule has 0 radical (unpaired) electrons. The van der Waals surface area contributed by atoms with Gasteiger partial charge in [0, 0.05) is 0 Å². The molecule has 0 aromatic rings. The third-order valence-electron chi connectivity index (χ3n) is 1.51. The first kappa shape index (κ1) is 12.3. The number of Topliss-reactive ketones (excluding diaryl/α,β-unsaturated/α-hetero) is 1. The summed E-state index contributed by atoms with van der Waals surface area (Å²) in [6.07, 6.45) is -0.343. The maximum atomic E-state index is 10.9. The molecule has 0 aliphatic heterocycles. The van der Waals surface area contributed by atoms with Crippen LogP contribution in [0, 0.1) is 0 Å². The van der Waals surface area contributed by atoms with Crippen molar-refractivity contribution < 1.29 is 24.2 Å². The summed E-state index contributed by atoms with van der Waals surface area (Å²) in [6.45, 7) is 3.94. The van der Waals surface area contributed by atoms with Gasteiger partial charge in [-0.15, -0.1) is 0 Å². The summed E-state index contributed by atoms with van der Waals surface area (Å²) in [5.74, 6) is -2.21. The van der Waals surface area contributed by atoms with Gasteiger partial charge in [-0.1, -0.05) is 0 Å². The van der Waals surface area contributed by atoms with Crippen LogP contribution in [0.2, 0.25) is 0 Å². The maximum Gasteiger partial charge on any atom is 0.334 e. The van der Waals surface area contributed by atoms with Gasteiger partial charge >= 0.3 is 11.9 Å². The van der Waals surface area contributed by atoms with E-state index in [0.717, 1.165) is 0 Å². The standard InChI is InChI=1S/C9H12O5/c1-5(10)4-8(11)14-7(3)6(2)9(12)13/h4H2,1-3H3,(H,12,13)/b7-6+. The highest BCUT2D eigenvalue weighted by molar-refractivity contribution is 5.95. The monoisotopic (exact) mass is 200 g/mol. The van der Waals surface area contributed by atoms with Crippen LogP contribution in [0.25, 0.3) is 0 Å². The van der Waals surface area contributed by atoms with Crippen molar-refractivity contribution >= 4 is 17.7 Å². The fourth-order valence-corrected chi connectivity index (χ4v) is 0.637. The molecule has 0 fully saturated rings. The van der Waals surface area contributed by atoms with E-state index in [2.05, 4.69) is 4.74 Å². The van der Waals surface area contributed by atoms with Crippen LogP contribution >= 0.6 is 0 Å². The van der Waals surface area contributed by atoms with Crippen LogP contribution in [0.1, 0.15) is 27.2 Å². The van der Waals surface area contributed by atoms with Gasteiger partial charge in [-0.3, -0.25) is 9.59 Å². The average molecular weight is 200 g/mol. The summed E-state index contributed by atoms with van der Waals surface area (Å²) in [5, 5.41) is 8.53. The van der Waals surface area contributed by atoms with E-state index in [4.69, 9.17) is 5.11 Å². The Morgan fingerprint density at radius 3 is 2.00 bits per heavy atom. The van der Waals surface area contributed by atoms with Crippen molar-refractivity contribution in [2.45, 2.75) is 27.2 Å². The van der Waals surface area contributed by atoms with E-state index < -0.39 is 11.9 Å². The molecule has 0 aromatic heterocycles. The minimum Gasteiger partial charge on any atom is -0.478 e. The van der Waals surface area contributed by atoms with Crippen LogP contribution in [0.4, 0.5) is 0 Å². The van der Waals surface area contributed by atoms with Crippen LogP contribution in [-0.4, -0.2) is 22.8 Å². The SMILES string of the molecule is CC(=O)CC(=O)O/C(C)=C(\C)C(=O)O. The molecule has 0 atom stereocenters. The van der Waals surface area contributed by atoms with Gasteiger partial charge in [0.05, 0.1) is 5.57 Å². The predicted octanol–water partition coefficient (Wildman–Crippen LogP) is 0.887. The second-order valence-corrected chi connectivity index (χ2v) is 2.84. The zero-order chi connectivity index (χ0) is 11.3. The van der Waals surface area contributed by atoms with Crippen molar-refractivity contribution in [1.82, 2.24) is 0 Å². The minimum atomic E-state index is -1.15. The summed E-state index contributed by atoms with van der Waals surface area (Å²) in [6, 6.07) is 0. The largest absolute Gasteiger partial charge is 0.478 e. The van der Waals surface area contributed by atoms with Crippen molar-refractivity contribution in [3.8, 4) is 0 Å². The molecule has 0 heterocycles. The number of hydrogen-bond acceptors (Lipinski definition) is 4. The lowest BCUT2D eigenvalue weighted by Crippen LogP contribution is -2.10. The van der Waals surface area contributed by atoms with Crippen LogP contribution in [-0.2, 0) is 19.1 Å². The van der Waals surface area contributed by atoms with Gasteiger partial charge in [-0.05, 0) is 20.8 Å². The lowest BCUT2D eigenvalue weighted by molar-refractivity contribution is -0.142. The number of carboxylic acids is 1. The van der Waals surface area contributed by atoms with E-state index in [1.165, 1.54) is 20.8 Å². The van der Waals surface area contributed by atoms with Crippen LogP contribution in [0.3, 0.4) is 0 Å². The molecule has 0 amide bonds. The number of aliphatic carboxylic acids is 1. The Balaban J connectivity index is 4.39. The van der Waals surface area contributed by atoms with E-state index in [9.17, 15) is 14.4 Å². The number of ether oxygens (including phenoxy) is 1. The number of carboxylic acid groups (broad SMARTS) is 1. The molecule has 0 saturated heterocycles. The summed E-state index contributed by atoms with van der Waals surface area (Å²) in [4.78, 5) is 31.9. The van der Waals surface area contributed by atoms with Crippen molar-refractivity contribution in [2.24, 2.45) is 0 Å². The first-order chi connectivity index (χ1) is 6.34. The van der Waals surface area contributed by atoms with E-state index in [1.54, 1.807) is 0 Å². The Labute approximate surface area is 81.4 Å². The molecule has 0 spiro atoms. The third-order valence-corrected chi connectivity index (χ3v) is 1.51. The van der Waals surface area contributed by atoms with Gasteiger partial charge in [0.1, 0.15) is 18.0 Å². The van der Waals surface area contributed by atoms with Crippen molar-refractivity contribution in [2.75, 3.05) is 0 Å². The number of rotatable bonds is 4. The normalized spacial score (nSPS) is 11.6. The molecule has 1 N–H and O–H groups in total. The topological polar surface area (TPSA) is 80.7 Å². The molecule has 0 aromatic carbocycles. The van der Waals surface area contributed by atoms with Crippen LogP contribution in [0.5, 0.6) is 0 Å². The summed E-state index contributed by atoms with van der Waals surface area (Å²) in [7, 11) is 0. The number of ketones is 1. The van der Waals surface area contributed by atoms with Gasteiger partial charge in [0.15, 0.2) is 0 Å². The molecule has 0 aliphatic rings. The molecule has 0 aliphatic carbocycles. The Kier molecular flexibility index (Phi) is 4.55. The number of carbonyl (C=O) groups excluding carboxylic acids is 2. The smallest absolute Gasteiger partial charge is 0.334 e. The summed E-state index contributed by atoms with van der Waals surface area (Å²) in [5.41, 5.74) is -0.0538. The molecule has 0 saturated carbocycles. The lowest BCUT2D eigenvalue weighted by Gasteiger charge is -2.04. The molecule has 5 heteroatoms. The lowest BCUT2D eigenvalue weighted by atomic mass is 10.2. The highest BCUT2D eigenvalue weighted by Gasteiger charge is 2.11. The molecule has 78 valence electrons. The Morgan fingerprint density at radius 1 is 1.14 bits per heavy atom. The highest BCUT2D eigenvalue weighted by Crippen LogP contribution is 2.06. The summed E-state index contributed by atoms with van der Waals surface area (Å²) >= 11 is 0. The van der Waals surface area contributed by atoms with Gasteiger partial charge in [-0.2, -0.15) is 0 Å². The van der Waals surface area contributed by atoms with E-state index in [1.807, 2.05) is 0 Å². The van der Waals surface area contributed by atoms with Crippen molar-refractivity contribution in [1.29, 1.82) is 0 Å². The maximum absolute atomic E-state index is 10.9. The molecular formula is C9H12O5. The predicted molar refractivity (Wildman–Crippen MR) is 47.4 cm³/mol. The second-order valence-electron chi connectivity index (χ2n) is 2.84. The Bertz CT molecular complexity index is 300. The zero-order valence-corrected chi connectivity index (χ0v) is 8.29. The van der Waals surface area contributed by atoms with Crippen molar-refractivity contribution in [3.05, 3.63) is 11.3 Å². The Morgan fingerprint density at radius 2 is 1.64 bits per heavy atom. The quantitative estimate of drug-likeness (QED) is 0.315. The van der Waals surface area contributed by atoms with Gasteiger partial charge in [0.25, 0.3) is 0 Å². The van der Waals surface area contributed by atoms with Gasteiger partial charge < -0.3 is 9.84 Å². The molecule has 0 rings (SSSR count). The molecule has 0 unspecified atom stereocenters. The third kappa shape index (κ3) is 4.39. The number of esters is 1. The zero-order valence-electron chi connectivity index (χ0n) is 8.29. The number of allylic oxidation sites excluding steroid dienone is 1. The fraction of sp³-hybridized carbons (Fsp3) is 0.444. The van der Waals surface area contributed by atoms with Gasteiger partial charge in [-0.25, -0.2) is 4.79 Å². The molecule has 5 nitrogen and oxygen atoms in total. The average Bonchev–Trinajstić information content (AvgIpc) is 2.00. The summed E-state index contributed by atoms with van der Waals surface area (Å²) < 4.78 is 4.62. The van der Waals surface area contributed by atoms with Crippen molar-refractivity contribution in [3.63, 3.8) is 0 Å². The molecular weight excluding hydrogens is 188 g/mol. The van der Waals surface area contributed by atoms with Gasteiger partial charge in [0.2, 0.25) is 0 Å². The first-order valence-electron chi connectivity index (χ1n) is 3.95. The number of hydrogen-bond donors (Lipinski definition) is 1. The highest BCUT2D eigenvalue weighted by atomic mass is 16.5. The molecule has 0 bridgehead atoms. The van der Waals surface area contributed by atoms with E-state index in [-0.39, 0.29) is 23.5 Å².